The molecule has 3 rings (SSSR count). The number of nitrogens with two attached hydrogens (primary N) is 2. The zero-order chi connectivity index (χ0) is 36.5. The first kappa shape index (κ1) is 40.8. The van der Waals surface area contributed by atoms with Crippen molar-refractivity contribution in [1.82, 2.24) is 14.9 Å². The Balaban J connectivity index is 0.00000127. The number of aliphatic carboxylic acids is 1. The van der Waals surface area contributed by atoms with E-state index in [1.807, 2.05) is 0 Å². The van der Waals surface area contributed by atoms with Crippen molar-refractivity contribution in [2.24, 2.45) is 5.73 Å². The van der Waals surface area contributed by atoms with E-state index >= 15 is 0 Å². The van der Waals surface area contributed by atoms with Gasteiger partial charge in [0.05, 0.1) is 17.5 Å². The highest BCUT2D eigenvalue weighted by molar-refractivity contribution is 5.95. The van der Waals surface area contributed by atoms with Crippen molar-refractivity contribution in [3.63, 3.8) is 0 Å². The molecular weight excluding hydrogens is 652 g/mol. The molecule has 21 heteroatoms. The summed E-state index contributed by atoms with van der Waals surface area (Å²) in [5.74, 6) is -4.39. The van der Waals surface area contributed by atoms with Crippen LogP contribution in [0.1, 0.15) is 21.5 Å². The zero-order valence-corrected chi connectivity index (χ0v) is 23.9. The largest absolute Gasteiger partial charge is 0.490 e. The zero-order valence-electron chi connectivity index (χ0n) is 23.9. The highest BCUT2D eigenvalue weighted by Gasteiger charge is 2.38. The quantitative estimate of drug-likeness (QED) is 0.0561. The number of aromatic nitrogens is 2. The molecule has 0 aliphatic carbocycles. The average Bonchev–Trinajstić information content (AvgIpc) is 2.97. The normalized spacial score (nSPS) is 10.0. The lowest BCUT2D eigenvalue weighted by atomic mass is 10.1. The summed E-state index contributed by atoms with van der Waals surface area (Å²) in [6.45, 7) is -4.04. The third-order valence-electron chi connectivity index (χ3n) is 5.09. The number of halogens is 6. The minimum atomic E-state index is -5.08. The molecule has 0 fully saturated rings. The number of alkyl halides is 6. The molecule has 0 atom stereocenters. The van der Waals surface area contributed by atoms with Crippen LogP contribution in [0.3, 0.4) is 0 Å². The van der Waals surface area contributed by atoms with Crippen molar-refractivity contribution in [3.05, 3.63) is 75.7 Å². The van der Waals surface area contributed by atoms with Crippen molar-refractivity contribution < 1.29 is 60.8 Å². The number of nitrogens with one attached hydrogen (secondary N) is 3. The van der Waals surface area contributed by atoms with Gasteiger partial charge in [-0.15, -0.1) is 0 Å². The Hall–Kier alpha value is -6.15. The van der Waals surface area contributed by atoms with Gasteiger partial charge in [-0.05, 0) is 23.8 Å². The van der Waals surface area contributed by atoms with Crippen molar-refractivity contribution in [2.75, 3.05) is 18.1 Å². The fraction of sp³-hybridized carbons (Fsp3) is 0.192. The third-order valence-corrected chi connectivity index (χ3v) is 5.09. The van der Waals surface area contributed by atoms with Crippen LogP contribution >= 0.6 is 0 Å². The van der Waals surface area contributed by atoms with Gasteiger partial charge in [0.1, 0.15) is 12.4 Å². The van der Waals surface area contributed by atoms with Gasteiger partial charge in [0, 0.05) is 30.4 Å². The first-order chi connectivity index (χ1) is 21.8. The van der Waals surface area contributed by atoms with E-state index in [2.05, 4.69) is 15.6 Å². The van der Waals surface area contributed by atoms with Crippen molar-refractivity contribution in [2.45, 2.75) is 25.9 Å². The monoisotopic (exact) mass is 679 g/mol. The molecule has 2 aromatic carbocycles. The van der Waals surface area contributed by atoms with E-state index in [0.29, 0.717) is 11.1 Å². The Labute approximate surface area is 260 Å². The van der Waals surface area contributed by atoms with E-state index in [1.165, 1.54) is 36.0 Å². The van der Waals surface area contributed by atoms with Gasteiger partial charge in [-0.1, -0.05) is 24.3 Å². The van der Waals surface area contributed by atoms with E-state index in [9.17, 15) is 45.8 Å². The smallest absolute Gasteiger partial charge is 0.483 e. The number of carbonyl (C=O) groups excluding carboxylic acids is 1. The first-order valence-corrected chi connectivity index (χ1v) is 12.2. The molecule has 0 saturated carbocycles. The Morgan fingerprint density at radius 1 is 1.06 bits per heavy atom. The summed E-state index contributed by atoms with van der Waals surface area (Å²) in [7, 11) is 1.53. The Morgan fingerprint density at radius 2 is 1.57 bits per heavy atom. The van der Waals surface area contributed by atoms with Crippen LogP contribution in [0.15, 0.2) is 53.5 Å². The number of hydrogen-bond donors (Lipinski definition) is 8. The van der Waals surface area contributed by atoms with E-state index < -0.39 is 36.3 Å². The molecule has 0 bridgehead atoms. The number of hydrogen-bond acceptors (Lipinski definition) is 9. The first-order valence-electron chi connectivity index (χ1n) is 12.2. The molecule has 10 N–H and O–H groups in total. The molecule has 0 aliphatic rings. The number of benzene rings is 2. The summed E-state index contributed by atoms with van der Waals surface area (Å²) < 4.78 is 61.9. The SMILES string of the molecule is CNc1ncc(-c2cc(N)cc(C(=O)O)c2)n(CC(=O)NCc2ccc(C(=N)N)cc2)c1=O.FC(F)F.O=C(O)C(F)(F)F.O=CO. The van der Waals surface area contributed by atoms with Crippen molar-refractivity contribution >= 4 is 41.7 Å². The van der Waals surface area contributed by atoms with Gasteiger partial charge < -0.3 is 37.4 Å². The third kappa shape index (κ3) is 14.9. The summed E-state index contributed by atoms with van der Waals surface area (Å²) in [5.41, 5.74) is 12.8. The summed E-state index contributed by atoms with van der Waals surface area (Å²) in [6.07, 6.45) is -3.71. The fourth-order valence-electron chi connectivity index (χ4n) is 3.17. The summed E-state index contributed by atoms with van der Waals surface area (Å²) in [5, 5.41) is 36.2. The second kappa shape index (κ2) is 19.3. The van der Waals surface area contributed by atoms with Gasteiger partial charge in [-0.3, -0.25) is 24.4 Å². The van der Waals surface area contributed by atoms with Crippen LogP contribution < -0.4 is 27.7 Å². The fourth-order valence-corrected chi connectivity index (χ4v) is 3.17. The highest BCUT2D eigenvalue weighted by Crippen LogP contribution is 2.23. The number of amides is 1. The molecule has 47 heavy (non-hydrogen) atoms. The number of carboxylic acid groups (broad SMARTS) is 3. The van der Waals surface area contributed by atoms with Gasteiger partial charge in [0.25, 0.3) is 12.0 Å². The maximum atomic E-state index is 12.9. The maximum Gasteiger partial charge on any atom is 0.490 e. The molecular formula is C26H27F6N7O8. The van der Waals surface area contributed by atoms with Crippen LogP contribution in [0, 0.1) is 5.41 Å². The van der Waals surface area contributed by atoms with Crippen LogP contribution in [0.2, 0.25) is 0 Å². The lowest BCUT2D eigenvalue weighted by molar-refractivity contribution is -0.192. The van der Waals surface area contributed by atoms with Crippen molar-refractivity contribution in [3.8, 4) is 11.3 Å². The van der Waals surface area contributed by atoms with Crippen LogP contribution in [-0.4, -0.2) is 74.9 Å². The molecule has 1 amide bonds. The number of aromatic carboxylic acids is 1. The van der Waals surface area contributed by atoms with E-state index in [1.54, 1.807) is 24.3 Å². The molecule has 15 nitrogen and oxygen atoms in total. The molecule has 0 saturated heterocycles. The number of rotatable bonds is 8. The number of nitrogens with zero attached hydrogens (tertiary/aromatic N) is 2. The molecule has 0 spiro atoms. The van der Waals surface area contributed by atoms with Gasteiger partial charge in [0.2, 0.25) is 5.91 Å². The Bertz CT molecular complexity index is 1600. The second-order valence-corrected chi connectivity index (χ2v) is 8.33. The summed E-state index contributed by atoms with van der Waals surface area (Å²) >= 11 is 0. The predicted molar refractivity (Wildman–Crippen MR) is 154 cm³/mol. The Morgan fingerprint density at radius 3 is 2.00 bits per heavy atom. The highest BCUT2D eigenvalue weighted by atomic mass is 19.4. The topological polar surface area (TPSA) is 264 Å². The lowest BCUT2D eigenvalue weighted by Gasteiger charge is -2.15. The molecule has 256 valence electrons. The van der Waals surface area contributed by atoms with Crippen LogP contribution in [0.4, 0.5) is 37.8 Å². The Kier molecular flexibility index (Phi) is 16.8. The van der Waals surface area contributed by atoms with Gasteiger partial charge in [-0.25, -0.2) is 14.6 Å². The molecule has 0 aliphatic heterocycles. The van der Waals surface area contributed by atoms with Gasteiger partial charge in [-0.2, -0.15) is 26.3 Å². The lowest BCUT2D eigenvalue weighted by Crippen LogP contribution is -2.34. The number of carboxylic acids is 2. The van der Waals surface area contributed by atoms with E-state index in [0.717, 1.165) is 5.56 Å². The van der Waals surface area contributed by atoms with Crippen LogP contribution in [0.5, 0.6) is 0 Å². The standard InChI is InChI=1S/C22H23N7O4.C2HF3O2.CHF3.CH2O2/c1-26-20-21(31)29(11-18(30)27-9-12-2-4-13(5-3-12)19(24)25)17(10-28-20)14-6-15(22(32)33)8-16(23)7-14;3-2(4,5)1(6)7;2-1(3)4;2-1-3/h2-8,10H,9,11,23H2,1H3,(H3,24,25)(H,26,28)(H,27,30)(H,32,33);(H,6,7);1H;1H,(H,2,3). The predicted octanol–water partition coefficient (Wildman–Crippen LogP) is 2.35. The van der Waals surface area contributed by atoms with Crippen LogP contribution in [0.25, 0.3) is 11.3 Å². The second-order valence-electron chi connectivity index (χ2n) is 8.33. The van der Waals surface area contributed by atoms with Gasteiger partial charge >= 0.3 is 24.8 Å². The average molecular weight is 680 g/mol. The molecule has 0 radical (unpaired) electrons. The molecule has 3 aromatic rings. The van der Waals surface area contributed by atoms with Gasteiger partial charge in [0.15, 0.2) is 5.82 Å². The maximum absolute atomic E-state index is 12.9. The minimum Gasteiger partial charge on any atom is -0.483 e. The summed E-state index contributed by atoms with van der Waals surface area (Å²) in [6, 6.07) is 11.0. The summed E-state index contributed by atoms with van der Waals surface area (Å²) in [4.78, 5) is 58.3. The minimum absolute atomic E-state index is 0.0359. The molecule has 0 unspecified atom stereocenters. The number of carbonyl (C=O) groups is 4. The van der Waals surface area contributed by atoms with Crippen LogP contribution in [-0.2, 0) is 27.5 Å². The molecule has 1 aromatic heterocycles. The van der Waals surface area contributed by atoms with Crippen molar-refractivity contribution in [1.29, 1.82) is 5.41 Å². The van der Waals surface area contributed by atoms with E-state index in [4.69, 9.17) is 36.7 Å². The van der Waals surface area contributed by atoms with E-state index in [-0.39, 0.29) is 48.2 Å². The molecule has 1 heterocycles. The number of nitrogen functional groups attached to an aromatic ring is 2. The number of anilines is 2. The number of amidine groups is 1.